The number of carbonyl (C=O) groups is 2. The van der Waals surface area contributed by atoms with E-state index >= 15 is 0 Å². The van der Waals surface area contributed by atoms with Gasteiger partial charge in [0.25, 0.3) is 5.91 Å². The zero-order valence-corrected chi connectivity index (χ0v) is 17.9. The Balaban J connectivity index is 1.42. The molecule has 1 aliphatic heterocycles. The summed E-state index contributed by atoms with van der Waals surface area (Å²) in [6.07, 6.45) is 5.51. The molecule has 3 aromatic rings. The first-order valence-corrected chi connectivity index (χ1v) is 10.7. The average molecular weight is 442 g/mol. The van der Waals surface area contributed by atoms with Crippen LogP contribution in [-0.2, 0) is 9.59 Å². The minimum atomic E-state index is -0.216. The van der Waals surface area contributed by atoms with Crippen LogP contribution in [0.15, 0.2) is 40.5 Å². The van der Waals surface area contributed by atoms with E-state index < -0.39 is 0 Å². The molecule has 4 rings (SSSR count). The summed E-state index contributed by atoms with van der Waals surface area (Å²) in [5, 5.41) is 14.5. The van der Waals surface area contributed by atoms with E-state index in [1.165, 1.54) is 23.1 Å². The van der Waals surface area contributed by atoms with Crippen LogP contribution in [0.3, 0.4) is 0 Å². The zero-order valence-electron chi connectivity index (χ0n) is 16.3. The van der Waals surface area contributed by atoms with Gasteiger partial charge in [0.15, 0.2) is 10.3 Å². The molecule has 0 aliphatic carbocycles. The molecule has 1 aromatic carbocycles. The number of aromatic nitrogens is 3. The topological polar surface area (TPSA) is 115 Å². The lowest BCUT2D eigenvalue weighted by atomic mass is 10.2. The molecule has 0 atom stereocenters. The molecule has 0 spiro atoms. The van der Waals surface area contributed by atoms with Crippen molar-refractivity contribution in [3.05, 3.63) is 40.4 Å². The molecular weight excluding hydrogens is 422 g/mol. The van der Waals surface area contributed by atoms with E-state index in [9.17, 15) is 9.59 Å². The second-order valence-electron chi connectivity index (χ2n) is 6.79. The Morgan fingerprint density at radius 2 is 2.20 bits per heavy atom. The summed E-state index contributed by atoms with van der Waals surface area (Å²) >= 11 is 2.58. The number of nitrogens with zero attached hydrogens (tertiary/aromatic N) is 4. The lowest BCUT2D eigenvalue weighted by molar-refractivity contribution is -0.116. The number of benzene rings is 1. The number of H-pyrrole nitrogens is 1. The molecule has 0 bridgehead atoms. The first kappa shape index (κ1) is 20.3. The zero-order chi connectivity index (χ0) is 21.1. The summed E-state index contributed by atoms with van der Waals surface area (Å²) in [7, 11) is 3.83. The highest BCUT2D eigenvalue weighted by atomic mass is 32.2. The van der Waals surface area contributed by atoms with E-state index in [2.05, 4.69) is 30.8 Å². The molecule has 0 unspecified atom stereocenters. The Hall–Kier alpha value is -3.02. The summed E-state index contributed by atoms with van der Waals surface area (Å²) in [5.74, 6) is -0.305. The van der Waals surface area contributed by atoms with Crippen LogP contribution in [0.4, 0.5) is 10.8 Å². The summed E-state index contributed by atoms with van der Waals surface area (Å²) in [6, 6.07) is 5.66. The fourth-order valence-electron chi connectivity index (χ4n) is 2.64. The van der Waals surface area contributed by atoms with Crippen molar-refractivity contribution >= 4 is 67.9 Å². The fourth-order valence-corrected chi connectivity index (χ4v) is 4.32. The molecule has 30 heavy (non-hydrogen) atoms. The molecule has 9 nitrogen and oxygen atoms in total. The molecule has 1 aliphatic rings. The van der Waals surface area contributed by atoms with Gasteiger partial charge in [0, 0.05) is 24.5 Å². The number of anilines is 1. The number of nitrogens with one attached hydrogen (secondary N) is 3. The van der Waals surface area contributed by atoms with Crippen LogP contribution in [0.1, 0.15) is 11.3 Å². The van der Waals surface area contributed by atoms with Crippen LogP contribution in [0, 0.1) is 0 Å². The number of hydrogen-bond acceptors (Lipinski definition) is 8. The first-order valence-electron chi connectivity index (χ1n) is 9.09. The van der Waals surface area contributed by atoms with Gasteiger partial charge in [-0.2, -0.15) is 5.10 Å². The maximum absolute atomic E-state index is 12.3. The third-order valence-corrected chi connectivity index (χ3v) is 5.91. The number of aliphatic imine (C=N–C) groups is 1. The quantitative estimate of drug-likeness (QED) is 0.507. The minimum Gasteiger partial charge on any atom is -0.309 e. The smallest absolute Gasteiger partial charge is 0.264 e. The number of aromatic amines is 1. The highest BCUT2D eigenvalue weighted by Gasteiger charge is 2.24. The summed E-state index contributed by atoms with van der Waals surface area (Å²) < 4.78 is 0. The van der Waals surface area contributed by atoms with E-state index in [1.807, 2.05) is 37.2 Å². The van der Waals surface area contributed by atoms with Crippen LogP contribution in [0.2, 0.25) is 0 Å². The molecule has 0 radical (unpaired) electrons. The van der Waals surface area contributed by atoms with Gasteiger partial charge < -0.3 is 15.5 Å². The van der Waals surface area contributed by atoms with E-state index in [0.29, 0.717) is 28.2 Å². The third-order valence-electron chi connectivity index (χ3n) is 4.14. The normalized spacial score (nSPS) is 16.7. The Morgan fingerprint density at radius 3 is 3.03 bits per heavy atom. The van der Waals surface area contributed by atoms with Gasteiger partial charge in [-0.15, -0.1) is 0 Å². The molecule has 1 fully saturated rings. The number of hydrogen-bond donors (Lipinski definition) is 3. The van der Waals surface area contributed by atoms with Crippen molar-refractivity contribution in [2.24, 2.45) is 4.99 Å². The Kier molecular flexibility index (Phi) is 5.93. The largest absolute Gasteiger partial charge is 0.309 e. The van der Waals surface area contributed by atoms with Crippen molar-refractivity contribution in [1.82, 2.24) is 25.4 Å². The van der Waals surface area contributed by atoms with E-state index in [1.54, 1.807) is 18.5 Å². The molecule has 2 amide bonds. The minimum absolute atomic E-state index is 0.0890. The number of amidine groups is 1. The van der Waals surface area contributed by atoms with Crippen LogP contribution < -0.4 is 10.6 Å². The van der Waals surface area contributed by atoms with E-state index in [-0.39, 0.29) is 11.8 Å². The molecule has 11 heteroatoms. The Bertz CT molecular complexity index is 1160. The van der Waals surface area contributed by atoms with Crippen molar-refractivity contribution in [3.63, 3.8) is 0 Å². The van der Waals surface area contributed by atoms with Gasteiger partial charge in [-0.05, 0) is 50.1 Å². The van der Waals surface area contributed by atoms with Crippen molar-refractivity contribution < 1.29 is 9.59 Å². The Morgan fingerprint density at radius 1 is 1.33 bits per heavy atom. The van der Waals surface area contributed by atoms with Crippen molar-refractivity contribution in [2.75, 3.05) is 26.0 Å². The molecule has 154 valence electrons. The van der Waals surface area contributed by atoms with E-state index in [4.69, 9.17) is 0 Å². The van der Waals surface area contributed by atoms with Crippen molar-refractivity contribution in [3.8, 4) is 0 Å². The van der Waals surface area contributed by atoms with Gasteiger partial charge in [0.2, 0.25) is 5.91 Å². The lowest BCUT2D eigenvalue weighted by Gasteiger charge is -2.07. The molecule has 1 saturated heterocycles. The van der Waals surface area contributed by atoms with Crippen molar-refractivity contribution in [2.45, 2.75) is 6.42 Å². The van der Waals surface area contributed by atoms with Crippen LogP contribution in [0.25, 0.3) is 17.0 Å². The average Bonchev–Trinajstić information content (AvgIpc) is 3.41. The fraction of sp³-hybridized carbons (Fsp3) is 0.211. The van der Waals surface area contributed by atoms with E-state index in [0.717, 1.165) is 21.5 Å². The SMILES string of the molecule is CN(C)CCC(=O)Nc1ncc(C=C2SC(=Nc3ccc4cn[nH]c4c3)NC2=O)s1. The monoisotopic (exact) mass is 441 g/mol. The highest BCUT2D eigenvalue weighted by Crippen LogP contribution is 2.30. The van der Waals surface area contributed by atoms with Crippen LogP contribution in [0.5, 0.6) is 0 Å². The third kappa shape index (κ3) is 4.93. The summed E-state index contributed by atoms with van der Waals surface area (Å²) in [5.41, 5.74) is 1.60. The van der Waals surface area contributed by atoms with Gasteiger partial charge in [0.1, 0.15) is 0 Å². The summed E-state index contributed by atoms with van der Waals surface area (Å²) in [4.78, 5) is 36.2. The summed E-state index contributed by atoms with van der Waals surface area (Å²) in [6.45, 7) is 0.667. The number of rotatable bonds is 6. The van der Waals surface area contributed by atoms with Gasteiger partial charge >= 0.3 is 0 Å². The van der Waals surface area contributed by atoms with Gasteiger partial charge in [0.05, 0.1) is 27.2 Å². The Labute approximate surface area is 180 Å². The van der Waals surface area contributed by atoms with Crippen LogP contribution >= 0.6 is 23.1 Å². The van der Waals surface area contributed by atoms with Crippen molar-refractivity contribution in [1.29, 1.82) is 0 Å². The molecule has 3 heterocycles. The molecule has 0 saturated carbocycles. The second-order valence-corrected chi connectivity index (χ2v) is 8.89. The molecule has 3 N–H and O–H groups in total. The predicted molar refractivity (Wildman–Crippen MR) is 121 cm³/mol. The number of amides is 2. The number of fused-ring (bicyclic) bond motifs is 1. The second kappa shape index (κ2) is 8.78. The molecular formula is C19H19N7O2S2. The molecule has 2 aromatic heterocycles. The first-order chi connectivity index (χ1) is 14.5. The van der Waals surface area contributed by atoms with Gasteiger partial charge in [-0.25, -0.2) is 9.98 Å². The maximum atomic E-state index is 12.3. The van der Waals surface area contributed by atoms with Crippen LogP contribution in [-0.4, -0.2) is 57.7 Å². The van der Waals surface area contributed by atoms with Gasteiger partial charge in [-0.1, -0.05) is 11.3 Å². The standard InChI is InChI=1S/C19H19N7O2S2/c1-26(2)6-5-16(27)23-18-20-10-13(29-18)8-15-17(28)24-19(30-15)22-12-4-3-11-9-21-25-14(11)7-12/h3-4,7-10H,5-6H2,1-2H3,(H,21,25)(H,20,23,27)(H,22,24,28). The predicted octanol–water partition coefficient (Wildman–Crippen LogP) is 2.80. The lowest BCUT2D eigenvalue weighted by Crippen LogP contribution is -2.20. The number of carbonyl (C=O) groups excluding carboxylic acids is 2. The maximum Gasteiger partial charge on any atom is 0.264 e. The number of thioether (sulfide) groups is 1. The highest BCUT2D eigenvalue weighted by molar-refractivity contribution is 8.18. The van der Waals surface area contributed by atoms with Gasteiger partial charge in [-0.3, -0.25) is 14.7 Å². The number of thiazole rings is 1.